The Bertz CT molecular complexity index is 407. The molecule has 1 aliphatic rings. The van der Waals surface area contributed by atoms with E-state index in [-0.39, 0.29) is 6.61 Å². The second-order valence-electron chi connectivity index (χ2n) is 5.47. The first kappa shape index (κ1) is 13.9. The predicted molar refractivity (Wildman–Crippen MR) is 79.9 cm³/mol. The van der Waals surface area contributed by atoms with Crippen LogP contribution in [0.4, 0.5) is 5.69 Å². The molecular formula is C15H22BrNO. The van der Waals surface area contributed by atoms with Crippen molar-refractivity contribution >= 4 is 21.6 Å². The lowest BCUT2D eigenvalue weighted by Gasteiger charge is -2.36. The Morgan fingerprint density at radius 3 is 2.83 bits per heavy atom. The molecule has 2 atom stereocenters. The summed E-state index contributed by atoms with van der Waals surface area (Å²) in [5.74, 6) is 0.819. The number of rotatable bonds is 3. The van der Waals surface area contributed by atoms with Crippen molar-refractivity contribution in [2.45, 2.75) is 45.3 Å². The molecule has 1 aromatic carbocycles. The fourth-order valence-electron chi connectivity index (χ4n) is 2.98. The number of anilines is 1. The van der Waals surface area contributed by atoms with Gasteiger partial charge < -0.3 is 10.0 Å². The maximum absolute atomic E-state index is 9.49. The van der Waals surface area contributed by atoms with Crippen molar-refractivity contribution in [1.82, 2.24) is 0 Å². The van der Waals surface area contributed by atoms with E-state index < -0.39 is 0 Å². The van der Waals surface area contributed by atoms with Gasteiger partial charge in [0.1, 0.15) is 0 Å². The Morgan fingerprint density at radius 2 is 2.17 bits per heavy atom. The third-order valence-corrected chi connectivity index (χ3v) is 4.54. The molecule has 0 spiro atoms. The van der Waals surface area contributed by atoms with Crippen LogP contribution in [0, 0.1) is 5.92 Å². The molecular weight excluding hydrogens is 290 g/mol. The number of nitrogens with zero attached hydrogens (tertiary/aromatic N) is 1. The van der Waals surface area contributed by atoms with Crippen molar-refractivity contribution in [3.63, 3.8) is 0 Å². The molecule has 2 unspecified atom stereocenters. The Morgan fingerprint density at radius 1 is 1.39 bits per heavy atom. The summed E-state index contributed by atoms with van der Waals surface area (Å²) in [5.41, 5.74) is 2.17. The van der Waals surface area contributed by atoms with Crippen molar-refractivity contribution < 1.29 is 5.11 Å². The first-order valence-corrected chi connectivity index (χ1v) is 7.53. The van der Waals surface area contributed by atoms with Crippen LogP contribution in [0.1, 0.15) is 38.2 Å². The number of hydrogen-bond acceptors (Lipinski definition) is 2. The number of aliphatic hydroxyl groups is 1. The molecule has 1 aliphatic carbocycles. The summed E-state index contributed by atoms with van der Waals surface area (Å²) in [6.07, 6.45) is 5.21. The Hall–Kier alpha value is -0.540. The molecule has 1 N–H and O–H groups in total. The minimum absolute atomic E-state index is 0.0986. The third-order valence-electron chi connectivity index (χ3n) is 4.05. The summed E-state index contributed by atoms with van der Waals surface area (Å²) >= 11 is 3.46. The van der Waals surface area contributed by atoms with Gasteiger partial charge in [-0.2, -0.15) is 0 Å². The average Bonchev–Trinajstić information content (AvgIpc) is 2.37. The summed E-state index contributed by atoms with van der Waals surface area (Å²) in [6.45, 7) is 2.44. The van der Waals surface area contributed by atoms with Crippen LogP contribution < -0.4 is 4.90 Å². The lowest BCUT2D eigenvalue weighted by atomic mass is 9.86. The second-order valence-corrected chi connectivity index (χ2v) is 6.38. The topological polar surface area (TPSA) is 23.5 Å². The quantitative estimate of drug-likeness (QED) is 0.913. The Kier molecular flexibility index (Phi) is 4.68. The SMILES string of the molecule is CC1CCCC(N(C)c2ccc(Br)cc2CO)C1. The molecule has 0 bridgehead atoms. The molecule has 0 aromatic heterocycles. The van der Waals surface area contributed by atoms with E-state index in [1.165, 1.54) is 31.4 Å². The summed E-state index contributed by atoms with van der Waals surface area (Å²) in [4.78, 5) is 2.35. The number of aliphatic hydroxyl groups excluding tert-OH is 1. The molecule has 0 heterocycles. The maximum Gasteiger partial charge on any atom is 0.0702 e. The largest absolute Gasteiger partial charge is 0.392 e. The van der Waals surface area contributed by atoms with E-state index in [2.05, 4.69) is 46.9 Å². The monoisotopic (exact) mass is 311 g/mol. The van der Waals surface area contributed by atoms with E-state index in [1.807, 2.05) is 6.07 Å². The van der Waals surface area contributed by atoms with Gasteiger partial charge >= 0.3 is 0 Å². The van der Waals surface area contributed by atoms with Gasteiger partial charge in [-0.3, -0.25) is 0 Å². The summed E-state index contributed by atoms with van der Waals surface area (Å²) in [6, 6.07) is 6.78. The minimum Gasteiger partial charge on any atom is -0.392 e. The molecule has 0 amide bonds. The van der Waals surface area contributed by atoms with Gasteiger partial charge in [0.15, 0.2) is 0 Å². The van der Waals surface area contributed by atoms with Crippen molar-refractivity contribution in [3.8, 4) is 0 Å². The number of halogens is 1. The Labute approximate surface area is 118 Å². The van der Waals surface area contributed by atoms with Gasteiger partial charge in [-0.25, -0.2) is 0 Å². The summed E-state index contributed by atoms with van der Waals surface area (Å²) in [7, 11) is 2.16. The smallest absolute Gasteiger partial charge is 0.0702 e. The molecule has 18 heavy (non-hydrogen) atoms. The fraction of sp³-hybridized carbons (Fsp3) is 0.600. The van der Waals surface area contributed by atoms with E-state index >= 15 is 0 Å². The molecule has 1 saturated carbocycles. The zero-order valence-corrected chi connectivity index (χ0v) is 12.8. The van der Waals surface area contributed by atoms with Crippen LogP contribution in [0.2, 0.25) is 0 Å². The molecule has 0 saturated heterocycles. The lowest BCUT2D eigenvalue weighted by molar-refractivity contribution is 0.281. The van der Waals surface area contributed by atoms with Crippen LogP contribution in [-0.4, -0.2) is 18.2 Å². The van der Waals surface area contributed by atoms with E-state index in [0.29, 0.717) is 6.04 Å². The van der Waals surface area contributed by atoms with Gasteiger partial charge in [-0.15, -0.1) is 0 Å². The van der Waals surface area contributed by atoms with Gasteiger partial charge in [0.25, 0.3) is 0 Å². The maximum atomic E-state index is 9.49. The van der Waals surface area contributed by atoms with Crippen LogP contribution >= 0.6 is 15.9 Å². The van der Waals surface area contributed by atoms with Gasteiger partial charge in [-0.05, 0) is 37.0 Å². The molecule has 0 aliphatic heterocycles. The van der Waals surface area contributed by atoms with Crippen LogP contribution in [0.3, 0.4) is 0 Å². The first-order valence-electron chi connectivity index (χ1n) is 6.74. The summed E-state index contributed by atoms with van der Waals surface area (Å²) < 4.78 is 1.03. The highest BCUT2D eigenvalue weighted by molar-refractivity contribution is 9.10. The zero-order chi connectivity index (χ0) is 13.1. The fourth-order valence-corrected chi connectivity index (χ4v) is 3.38. The van der Waals surface area contributed by atoms with Gasteiger partial charge in [0.05, 0.1) is 6.61 Å². The molecule has 100 valence electrons. The van der Waals surface area contributed by atoms with E-state index in [9.17, 15) is 5.11 Å². The van der Waals surface area contributed by atoms with E-state index in [0.717, 1.165) is 16.0 Å². The van der Waals surface area contributed by atoms with Crippen molar-refractivity contribution in [2.24, 2.45) is 5.92 Å². The highest BCUT2D eigenvalue weighted by Crippen LogP contribution is 2.32. The van der Waals surface area contributed by atoms with E-state index in [1.54, 1.807) is 0 Å². The van der Waals surface area contributed by atoms with Gasteiger partial charge in [0, 0.05) is 28.8 Å². The van der Waals surface area contributed by atoms with Crippen LogP contribution in [0.25, 0.3) is 0 Å². The van der Waals surface area contributed by atoms with Crippen LogP contribution in [0.15, 0.2) is 22.7 Å². The standard InChI is InChI=1S/C15H22BrNO/c1-11-4-3-5-14(8-11)17(2)15-7-6-13(16)9-12(15)10-18/h6-7,9,11,14,18H,3-5,8,10H2,1-2H3. The summed E-state index contributed by atoms with van der Waals surface area (Å²) in [5, 5.41) is 9.49. The van der Waals surface area contributed by atoms with Crippen molar-refractivity contribution in [3.05, 3.63) is 28.2 Å². The minimum atomic E-state index is 0.0986. The zero-order valence-electron chi connectivity index (χ0n) is 11.2. The highest BCUT2D eigenvalue weighted by Gasteiger charge is 2.23. The molecule has 3 heteroatoms. The van der Waals surface area contributed by atoms with Crippen molar-refractivity contribution in [1.29, 1.82) is 0 Å². The first-order chi connectivity index (χ1) is 8.61. The van der Waals surface area contributed by atoms with Crippen LogP contribution in [0.5, 0.6) is 0 Å². The second kappa shape index (κ2) is 6.07. The van der Waals surface area contributed by atoms with Gasteiger partial charge in [-0.1, -0.05) is 35.7 Å². The third kappa shape index (κ3) is 3.07. The molecule has 2 nitrogen and oxygen atoms in total. The van der Waals surface area contributed by atoms with Crippen molar-refractivity contribution in [2.75, 3.05) is 11.9 Å². The molecule has 1 fully saturated rings. The molecule has 0 radical (unpaired) electrons. The normalized spacial score (nSPS) is 24.0. The van der Waals surface area contributed by atoms with Gasteiger partial charge in [0.2, 0.25) is 0 Å². The van der Waals surface area contributed by atoms with Crippen LogP contribution in [-0.2, 0) is 6.61 Å². The number of benzene rings is 1. The number of hydrogen-bond donors (Lipinski definition) is 1. The predicted octanol–water partition coefficient (Wildman–Crippen LogP) is 3.96. The average molecular weight is 312 g/mol. The Balaban J connectivity index is 2.19. The molecule has 2 rings (SSSR count). The van der Waals surface area contributed by atoms with E-state index in [4.69, 9.17) is 0 Å². The molecule has 1 aromatic rings. The highest BCUT2D eigenvalue weighted by atomic mass is 79.9. The lowest BCUT2D eigenvalue weighted by Crippen LogP contribution is -2.36.